The van der Waals surface area contributed by atoms with Gasteiger partial charge in [-0.3, -0.25) is 0 Å². The minimum atomic E-state index is -0.442. The van der Waals surface area contributed by atoms with Crippen LogP contribution >= 0.6 is 0 Å². The molecule has 0 bridgehead atoms. The molecule has 4 unspecified atom stereocenters. The van der Waals surface area contributed by atoms with E-state index in [1.54, 1.807) is 0 Å². The zero-order valence-corrected chi connectivity index (χ0v) is 36.6. The summed E-state index contributed by atoms with van der Waals surface area (Å²) in [5.41, 5.74) is 20.8. The highest BCUT2D eigenvalue weighted by Gasteiger charge is 2.66. The van der Waals surface area contributed by atoms with E-state index in [0.717, 1.165) is 25.7 Å². The molecule has 4 heterocycles. The number of fused-ring (bicyclic) bond motifs is 12. The molecule has 8 aromatic rings. The number of nitrogens with zero attached hydrogens (tertiary/aromatic N) is 3. The molecule has 308 valence electrons. The third-order valence-corrected chi connectivity index (χ3v) is 17.3. The highest BCUT2D eigenvalue weighted by atomic mass is 15.3. The van der Waals surface area contributed by atoms with Crippen LogP contribution in [0.5, 0.6) is 0 Å². The maximum absolute atomic E-state index is 2.91. The zero-order valence-electron chi connectivity index (χ0n) is 36.6. The van der Waals surface area contributed by atoms with Gasteiger partial charge in [0, 0.05) is 45.2 Å². The lowest BCUT2D eigenvalue weighted by molar-refractivity contribution is 0.215. The van der Waals surface area contributed by atoms with Crippen LogP contribution in [-0.2, 0) is 22.8 Å². The highest BCUT2D eigenvalue weighted by Crippen LogP contribution is 2.68. The quantitative estimate of drug-likeness (QED) is 0.164. The van der Waals surface area contributed by atoms with E-state index < -0.39 is 5.54 Å². The van der Waals surface area contributed by atoms with Crippen LogP contribution in [0.3, 0.4) is 0 Å². The van der Waals surface area contributed by atoms with E-state index in [2.05, 4.69) is 223 Å². The molecular weight excluding hydrogens is 773 g/mol. The molecule has 6 aliphatic rings. The minimum absolute atomic E-state index is 0.0817. The molecule has 4 heteroatoms. The second-order valence-corrected chi connectivity index (χ2v) is 19.7. The van der Waals surface area contributed by atoms with Crippen molar-refractivity contribution in [3.8, 4) is 0 Å². The van der Waals surface area contributed by atoms with Crippen molar-refractivity contribution in [2.75, 3.05) is 14.7 Å². The Morgan fingerprint density at radius 3 is 1.81 bits per heavy atom. The third kappa shape index (κ3) is 4.26. The number of aryl methyl sites for hydroxylation is 1. The lowest BCUT2D eigenvalue weighted by Crippen LogP contribution is -2.65. The predicted octanol–water partition coefficient (Wildman–Crippen LogP) is 12.4. The average Bonchev–Trinajstić information content (AvgIpc) is 3.75. The van der Waals surface area contributed by atoms with Gasteiger partial charge in [0.15, 0.2) is 0 Å². The molecule has 0 N–H and O–H groups in total. The SMILES string of the molecule is CC12CCCCC1(c1ccccc1)c1cccc3c1N2c1cc(N2c4ccccc4C4(c5ccccc5)CCc5ccccc5C24C)cc2c1B3c1ccccc1N2c1ccccc1. The maximum Gasteiger partial charge on any atom is 0.252 e. The number of rotatable bonds is 4. The van der Waals surface area contributed by atoms with Gasteiger partial charge in [0.05, 0.1) is 16.5 Å². The number of anilines is 7. The van der Waals surface area contributed by atoms with Crippen LogP contribution in [0.1, 0.15) is 79.3 Å². The van der Waals surface area contributed by atoms with Gasteiger partial charge in [-0.1, -0.05) is 171 Å². The van der Waals surface area contributed by atoms with Crippen LogP contribution in [0.25, 0.3) is 0 Å². The first-order chi connectivity index (χ1) is 31.5. The van der Waals surface area contributed by atoms with Crippen molar-refractivity contribution in [2.45, 2.75) is 74.3 Å². The number of para-hydroxylation sites is 4. The van der Waals surface area contributed by atoms with Gasteiger partial charge in [0.1, 0.15) is 0 Å². The Morgan fingerprint density at radius 1 is 0.438 bits per heavy atom. The van der Waals surface area contributed by atoms with Crippen LogP contribution < -0.4 is 31.1 Å². The second-order valence-electron chi connectivity index (χ2n) is 19.7. The standard InChI is InChI=1S/C60H50BN3/c1-57-36-18-19-37-59(57,42-22-6-3-7-23-42)48-30-20-32-50-56(48)64(57)54-40-45(39-53-55(54)61(50)49-31-15-17-34-52(49)62(53)44-26-10-5-11-27-44)63-51-33-16-14-29-47(51)60(43-24-8-4-9-25-43)38-35-41-21-12-13-28-46(41)58(60,63)2/h3-17,20-34,39-40H,18-19,35-38H2,1-2H3. The summed E-state index contributed by atoms with van der Waals surface area (Å²) in [4.78, 5) is 8.30. The Hall–Kier alpha value is -6.78. The van der Waals surface area contributed by atoms with Gasteiger partial charge < -0.3 is 14.7 Å². The summed E-state index contributed by atoms with van der Waals surface area (Å²) in [6, 6.07) is 74.8. The van der Waals surface area contributed by atoms with E-state index in [9.17, 15) is 0 Å². The zero-order chi connectivity index (χ0) is 42.4. The van der Waals surface area contributed by atoms with Gasteiger partial charge in [-0.15, -0.1) is 0 Å². The molecule has 1 fully saturated rings. The monoisotopic (exact) mass is 823 g/mol. The molecule has 0 radical (unpaired) electrons. The topological polar surface area (TPSA) is 9.72 Å². The summed E-state index contributed by atoms with van der Waals surface area (Å²) in [6.07, 6.45) is 6.75. The molecule has 2 aliphatic carbocycles. The second kappa shape index (κ2) is 12.9. The average molecular weight is 824 g/mol. The summed E-state index contributed by atoms with van der Waals surface area (Å²) in [5, 5.41) is 0. The predicted molar refractivity (Wildman–Crippen MR) is 266 cm³/mol. The largest absolute Gasteiger partial charge is 0.335 e. The van der Waals surface area contributed by atoms with Gasteiger partial charge in [-0.2, -0.15) is 0 Å². The van der Waals surface area contributed by atoms with Gasteiger partial charge in [-0.25, -0.2) is 0 Å². The van der Waals surface area contributed by atoms with Crippen molar-refractivity contribution >= 4 is 62.9 Å². The molecule has 3 nitrogen and oxygen atoms in total. The lowest BCUT2D eigenvalue weighted by Gasteiger charge is -2.55. The first-order valence-electron chi connectivity index (χ1n) is 23.7. The Morgan fingerprint density at radius 2 is 1.03 bits per heavy atom. The molecule has 0 amide bonds. The molecule has 4 atom stereocenters. The molecule has 0 aromatic heterocycles. The third-order valence-electron chi connectivity index (χ3n) is 17.3. The first-order valence-corrected chi connectivity index (χ1v) is 23.7. The van der Waals surface area contributed by atoms with Crippen LogP contribution in [0, 0.1) is 0 Å². The fourth-order valence-electron chi connectivity index (χ4n) is 14.9. The molecule has 8 aromatic carbocycles. The molecule has 1 saturated carbocycles. The van der Waals surface area contributed by atoms with Gasteiger partial charge in [0.2, 0.25) is 0 Å². The number of hydrogen-bond donors (Lipinski definition) is 0. The lowest BCUT2D eigenvalue weighted by atomic mass is 9.33. The van der Waals surface area contributed by atoms with Crippen molar-refractivity contribution in [1.29, 1.82) is 0 Å². The van der Waals surface area contributed by atoms with E-state index in [0.29, 0.717) is 0 Å². The highest BCUT2D eigenvalue weighted by molar-refractivity contribution is 7.00. The summed E-state index contributed by atoms with van der Waals surface area (Å²) < 4.78 is 0. The molecule has 4 aliphatic heterocycles. The Kier molecular flexibility index (Phi) is 7.40. The molecule has 14 rings (SSSR count). The molecule has 0 spiro atoms. The van der Waals surface area contributed by atoms with E-state index in [-0.39, 0.29) is 23.1 Å². The van der Waals surface area contributed by atoms with Crippen LogP contribution in [0.15, 0.2) is 194 Å². The van der Waals surface area contributed by atoms with E-state index >= 15 is 0 Å². The number of hydrogen-bond acceptors (Lipinski definition) is 3. The molecular formula is C60H50BN3. The fraction of sp³-hybridized carbons (Fsp3) is 0.200. The smallest absolute Gasteiger partial charge is 0.252 e. The first kappa shape index (κ1) is 36.7. The minimum Gasteiger partial charge on any atom is -0.335 e. The normalized spacial score (nSPS) is 25.1. The fourth-order valence-corrected chi connectivity index (χ4v) is 14.9. The Bertz CT molecular complexity index is 3200. The number of benzene rings is 8. The van der Waals surface area contributed by atoms with E-state index in [1.165, 1.54) is 102 Å². The summed E-state index contributed by atoms with van der Waals surface area (Å²) in [6.45, 7) is 5.28. The summed E-state index contributed by atoms with van der Waals surface area (Å²) in [5.74, 6) is 0. The Labute approximate surface area is 377 Å². The maximum atomic E-state index is 2.91. The van der Waals surface area contributed by atoms with E-state index in [4.69, 9.17) is 0 Å². The van der Waals surface area contributed by atoms with Crippen molar-refractivity contribution in [3.05, 3.63) is 228 Å². The van der Waals surface area contributed by atoms with Crippen molar-refractivity contribution in [1.82, 2.24) is 0 Å². The van der Waals surface area contributed by atoms with Crippen molar-refractivity contribution in [2.24, 2.45) is 0 Å². The van der Waals surface area contributed by atoms with Crippen LogP contribution in [-0.4, -0.2) is 12.3 Å². The van der Waals surface area contributed by atoms with Gasteiger partial charge in [0.25, 0.3) is 6.71 Å². The van der Waals surface area contributed by atoms with Gasteiger partial charge in [-0.05, 0) is 126 Å². The Balaban J connectivity index is 1.13. The molecule has 64 heavy (non-hydrogen) atoms. The summed E-state index contributed by atoms with van der Waals surface area (Å²) in [7, 11) is 0. The van der Waals surface area contributed by atoms with Crippen LogP contribution in [0.2, 0.25) is 0 Å². The van der Waals surface area contributed by atoms with Crippen molar-refractivity contribution in [3.63, 3.8) is 0 Å². The van der Waals surface area contributed by atoms with E-state index in [1.807, 2.05) is 0 Å². The van der Waals surface area contributed by atoms with Crippen molar-refractivity contribution < 1.29 is 0 Å². The van der Waals surface area contributed by atoms with Gasteiger partial charge >= 0.3 is 0 Å². The summed E-state index contributed by atoms with van der Waals surface area (Å²) >= 11 is 0. The molecule has 0 saturated heterocycles. The van der Waals surface area contributed by atoms with Crippen LogP contribution in [0.4, 0.5) is 39.8 Å².